The Bertz CT molecular complexity index is 309. The predicted octanol–water partition coefficient (Wildman–Crippen LogP) is 2.51. The zero-order valence-corrected chi connectivity index (χ0v) is 10.5. The van der Waals surface area contributed by atoms with Gasteiger partial charge < -0.3 is 5.11 Å². The number of hydrogen-bond acceptors (Lipinski definition) is 2. The molecule has 1 saturated heterocycles. The predicted molar refractivity (Wildman–Crippen MR) is 65.9 cm³/mol. The lowest BCUT2D eigenvalue weighted by Crippen LogP contribution is -2.58. The summed E-state index contributed by atoms with van der Waals surface area (Å²) in [5, 5.41) is 9.79. The minimum atomic E-state index is -0.536. The van der Waals surface area contributed by atoms with E-state index in [-0.39, 0.29) is 0 Å². The Labute approximate surface area is 103 Å². The molecule has 3 rings (SSSR count). The van der Waals surface area contributed by atoms with Crippen LogP contribution in [0.4, 0.5) is 0 Å². The molecule has 2 aliphatic carbocycles. The molecule has 0 aromatic carbocycles. The second-order valence-electron chi connectivity index (χ2n) is 6.21. The highest BCUT2D eigenvalue weighted by Gasteiger charge is 2.58. The van der Waals surface area contributed by atoms with Gasteiger partial charge in [-0.05, 0) is 57.0 Å². The van der Waals surface area contributed by atoms with E-state index < -0.39 is 11.5 Å². The van der Waals surface area contributed by atoms with Gasteiger partial charge in [-0.1, -0.05) is 19.3 Å². The molecule has 3 aliphatic rings. The van der Waals surface area contributed by atoms with Crippen molar-refractivity contribution in [2.24, 2.45) is 11.8 Å². The van der Waals surface area contributed by atoms with Gasteiger partial charge >= 0.3 is 5.97 Å². The van der Waals surface area contributed by atoms with E-state index in [0.29, 0.717) is 11.8 Å². The summed E-state index contributed by atoms with van der Waals surface area (Å²) in [5.74, 6) is 0.592. The molecule has 3 heteroatoms. The average molecular weight is 237 g/mol. The van der Waals surface area contributed by atoms with Crippen molar-refractivity contribution in [1.82, 2.24) is 4.90 Å². The second-order valence-corrected chi connectivity index (χ2v) is 6.21. The molecular formula is C14H23NO2. The normalized spacial score (nSPS) is 42.6. The third-order valence-electron chi connectivity index (χ3n) is 5.36. The SMILES string of the molecule is O=C(O)C1(N2CCCCCC2)CC2CCC1C2. The summed E-state index contributed by atoms with van der Waals surface area (Å²) >= 11 is 0. The van der Waals surface area contributed by atoms with E-state index in [9.17, 15) is 9.90 Å². The molecule has 0 radical (unpaired) electrons. The lowest BCUT2D eigenvalue weighted by molar-refractivity contribution is -0.156. The lowest BCUT2D eigenvalue weighted by Gasteiger charge is -2.43. The van der Waals surface area contributed by atoms with Crippen LogP contribution in [0.3, 0.4) is 0 Å². The van der Waals surface area contributed by atoms with E-state index in [2.05, 4.69) is 4.90 Å². The number of rotatable bonds is 2. The van der Waals surface area contributed by atoms with Crippen LogP contribution in [0.2, 0.25) is 0 Å². The van der Waals surface area contributed by atoms with Crippen molar-refractivity contribution in [2.75, 3.05) is 13.1 Å². The Hall–Kier alpha value is -0.570. The summed E-state index contributed by atoms with van der Waals surface area (Å²) in [4.78, 5) is 14.2. The molecule has 3 atom stereocenters. The van der Waals surface area contributed by atoms with Crippen LogP contribution in [0, 0.1) is 11.8 Å². The number of aliphatic carboxylic acids is 1. The average Bonchev–Trinajstić information content (AvgIpc) is 2.81. The van der Waals surface area contributed by atoms with Gasteiger partial charge in [0.1, 0.15) is 5.54 Å². The summed E-state index contributed by atoms with van der Waals surface area (Å²) in [6, 6.07) is 0. The van der Waals surface area contributed by atoms with Gasteiger partial charge in [0.25, 0.3) is 0 Å². The molecule has 3 unspecified atom stereocenters. The molecule has 3 fully saturated rings. The van der Waals surface area contributed by atoms with Crippen molar-refractivity contribution < 1.29 is 9.90 Å². The molecule has 0 aromatic heterocycles. The molecule has 1 N–H and O–H groups in total. The number of hydrogen-bond donors (Lipinski definition) is 1. The summed E-state index contributed by atoms with van der Waals surface area (Å²) in [6.07, 6.45) is 9.44. The highest BCUT2D eigenvalue weighted by atomic mass is 16.4. The van der Waals surface area contributed by atoms with Gasteiger partial charge in [0.2, 0.25) is 0 Å². The van der Waals surface area contributed by atoms with Crippen LogP contribution in [0.25, 0.3) is 0 Å². The third kappa shape index (κ3) is 1.70. The Balaban J connectivity index is 1.86. The van der Waals surface area contributed by atoms with Crippen LogP contribution in [0.5, 0.6) is 0 Å². The minimum absolute atomic E-state index is 0.433. The van der Waals surface area contributed by atoms with E-state index in [4.69, 9.17) is 0 Å². The van der Waals surface area contributed by atoms with Crippen molar-refractivity contribution in [1.29, 1.82) is 0 Å². The molecule has 1 heterocycles. The number of carbonyl (C=O) groups is 1. The number of nitrogens with zero attached hydrogens (tertiary/aromatic N) is 1. The van der Waals surface area contributed by atoms with E-state index >= 15 is 0 Å². The first-order valence-electron chi connectivity index (χ1n) is 7.22. The van der Waals surface area contributed by atoms with Gasteiger partial charge in [-0.15, -0.1) is 0 Å². The highest BCUT2D eigenvalue weighted by molar-refractivity contribution is 5.80. The molecule has 2 saturated carbocycles. The topological polar surface area (TPSA) is 40.5 Å². The lowest BCUT2D eigenvalue weighted by atomic mass is 9.79. The summed E-state index contributed by atoms with van der Waals surface area (Å²) in [6.45, 7) is 2.02. The first-order valence-corrected chi connectivity index (χ1v) is 7.22. The van der Waals surface area contributed by atoms with E-state index in [1.165, 1.54) is 38.5 Å². The fraction of sp³-hybridized carbons (Fsp3) is 0.929. The maximum absolute atomic E-state index is 11.9. The van der Waals surface area contributed by atoms with Crippen LogP contribution < -0.4 is 0 Å². The van der Waals surface area contributed by atoms with Crippen LogP contribution in [-0.4, -0.2) is 34.6 Å². The monoisotopic (exact) mass is 237 g/mol. The van der Waals surface area contributed by atoms with Gasteiger partial charge in [-0.3, -0.25) is 9.69 Å². The smallest absolute Gasteiger partial charge is 0.324 e. The van der Waals surface area contributed by atoms with E-state index in [1.807, 2.05) is 0 Å². The van der Waals surface area contributed by atoms with Gasteiger partial charge in [-0.25, -0.2) is 0 Å². The number of fused-ring (bicyclic) bond motifs is 2. The summed E-state index contributed by atoms with van der Waals surface area (Å²) in [7, 11) is 0. The number of carboxylic acid groups (broad SMARTS) is 1. The largest absolute Gasteiger partial charge is 0.480 e. The minimum Gasteiger partial charge on any atom is -0.480 e. The number of likely N-dealkylation sites (tertiary alicyclic amines) is 1. The second kappa shape index (κ2) is 4.27. The number of carboxylic acids is 1. The van der Waals surface area contributed by atoms with Gasteiger partial charge in [-0.2, -0.15) is 0 Å². The molecule has 96 valence electrons. The van der Waals surface area contributed by atoms with Crippen LogP contribution in [0.15, 0.2) is 0 Å². The molecule has 17 heavy (non-hydrogen) atoms. The van der Waals surface area contributed by atoms with Crippen molar-refractivity contribution in [2.45, 2.75) is 56.9 Å². The van der Waals surface area contributed by atoms with E-state index in [1.54, 1.807) is 0 Å². The summed E-state index contributed by atoms with van der Waals surface area (Å²) in [5.41, 5.74) is -0.479. The third-order valence-corrected chi connectivity index (χ3v) is 5.36. The Morgan fingerprint density at radius 1 is 1.12 bits per heavy atom. The van der Waals surface area contributed by atoms with Gasteiger partial charge in [0, 0.05) is 0 Å². The molecule has 0 spiro atoms. The van der Waals surface area contributed by atoms with Crippen molar-refractivity contribution in [3.8, 4) is 0 Å². The van der Waals surface area contributed by atoms with Crippen molar-refractivity contribution in [3.63, 3.8) is 0 Å². The standard InChI is InChI=1S/C14H23NO2/c16-13(17)14(10-11-5-6-12(14)9-11)15-7-3-1-2-4-8-15/h11-12H,1-10H2,(H,16,17). The first-order chi connectivity index (χ1) is 8.23. The maximum Gasteiger partial charge on any atom is 0.324 e. The van der Waals surface area contributed by atoms with Crippen LogP contribution in [0.1, 0.15) is 51.4 Å². The fourth-order valence-electron chi connectivity index (χ4n) is 4.56. The quantitative estimate of drug-likeness (QED) is 0.802. The van der Waals surface area contributed by atoms with Crippen molar-refractivity contribution >= 4 is 5.97 Å². The highest BCUT2D eigenvalue weighted by Crippen LogP contribution is 2.53. The maximum atomic E-state index is 11.9. The molecular weight excluding hydrogens is 214 g/mol. The van der Waals surface area contributed by atoms with Crippen molar-refractivity contribution in [3.05, 3.63) is 0 Å². The molecule has 0 aromatic rings. The zero-order chi connectivity index (χ0) is 11.9. The first kappa shape index (κ1) is 11.5. The van der Waals surface area contributed by atoms with Gasteiger partial charge in [0.15, 0.2) is 0 Å². The fourth-order valence-corrected chi connectivity index (χ4v) is 4.56. The van der Waals surface area contributed by atoms with E-state index in [0.717, 1.165) is 25.9 Å². The molecule has 0 amide bonds. The Kier molecular flexibility index (Phi) is 2.89. The molecule has 3 nitrogen and oxygen atoms in total. The van der Waals surface area contributed by atoms with Crippen LogP contribution in [-0.2, 0) is 4.79 Å². The summed E-state index contributed by atoms with van der Waals surface area (Å²) < 4.78 is 0. The van der Waals surface area contributed by atoms with Gasteiger partial charge in [0.05, 0.1) is 0 Å². The van der Waals surface area contributed by atoms with Crippen LogP contribution >= 0.6 is 0 Å². The zero-order valence-electron chi connectivity index (χ0n) is 10.5. The molecule has 2 bridgehead atoms. The molecule has 1 aliphatic heterocycles. The Morgan fingerprint density at radius 2 is 1.82 bits per heavy atom. The Morgan fingerprint density at radius 3 is 2.29 bits per heavy atom.